The van der Waals surface area contributed by atoms with Crippen LogP contribution in [-0.4, -0.2) is 23.2 Å². The van der Waals surface area contributed by atoms with Crippen molar-refractivity contribution in [2.24, 2.45) is 7.05 Å². The molecule has 1 aliphatic heterocycles. The molecule has 7 nitrogen and oxygen atoms in total. The van der Waals surface area contributed by atoms with Crippen molar-refractivity contribution in [2.75, 3.05) is 6.61 Å². The number of benzene rings is 2. The molecule has 0 unspecified atom stereocenters. The highest BCUT2D eigenvalue weighted by molar-refractivity contribution is 5.89. The third-order valence-corrected chi connectivity index (χ3v) is 5.67. The number of carbonyl (C=O) groups excluding carboxylic acids is 1. The SMILES string of the molecule is CCOC(=O)[C@H]1Oc2c(c(=O)oc3ccccc23)[C@H]1c1cc2ccccc2n(C)c1=O. The van der Waals surface area contributed by atoms with Gasteiger partial charge in [-0.1, -0.05) is 30.3 Å². The maximum absolute atomic E-state index is 13.3. The quantitative estimate of drug-likeness (QED) is 0.376. The van der Waals surface area contributed by atoms with E-state index in [9.17, 15) is 14.4 Å². The maximum atomic E-state index is 13.3. The zero-order valence-electron chi connectivity index (χ0n) is 17.0. The fourth-order valence-corrected chi connectivity index (χ4v) is 4.27. The molecule has 3 heterocycles. The van der Waals surface area contributed by atoms with Crippen molar-refractivity contribution in [3.8, 4) is 5.75 Å². The molecular weight excluding hydrogens is 398 g/mol. The van der Waals surface area contributed by atoms with Gasteiger partial charge in [0.1, 0.15) is 11.3 Å². The minimum absolute atomic E-state index is 0.146. The molecule has 0 spiro atoms. The molecule has 0 bridgehead atoms. The zero-order valence-corrected chi connectivity index (χ0v) is 17.0. The van der Waals surface area contributed by atoms with E-state index < -0.39 is 23.6 Å². The summed E-state index contributed by atoms with van der Waals surface area (Å²) in [6.07, 6.45) is -1.17. The molecule has 4 aromatic rings. The fourth-order valence-electron chi connectivity index (χ4n) is 4.27. The van der Waals surface area contributed by atoms with Crippen LogP contribution in [0.4, 0.5) is 0 Å². The average molecular weight is 417 g/mol. The molecule has 0 saturated carbocycles. The maximum Gasteiger partial charge on any atom is 0.348 e. The van der Waals surface area contributed by atoms with E-state index in [-0.39, 0.29) is 29.0 Å². The molecule has 0 N–H and O–H groups in total. The number of hydrogen-bond donors (Lipinski definition) is 0. The Morgan fingerprint density at radius 2 is 1.84 bits per heavy atom. The summed E-state index contributed by atoms with van der Waals surface area (Å²) in [4.78, 5) is 39.1. The lowest BCUT2D eigenvalue weighted by Gasteiger charge is -2.18. The Morgan fingerprint density at radius 1 is 1.10 bits per heavy atom. The van der Waals surface area contributed by atoms with Gasteiger partial charge in [-0.15, -0.1) is 0 Å². The van der Waals surface area contributed by atoms with Gasteiger partial charge in [0.2, 0.25) is 6.10 Å². The smallest absolute Gasteiger partial charge is 0.348 e. The Kier molecular flexibility index (Phi) is 4.39. The highest BCUT2D eigenvalue weighted by Crippen LogP contribution is 2.44. The number of aryl methyl sites for hydroxylation is 1. The fraction of sp³-hybridized carbons (Fsp3) is 0.208. The summed E-state index contributed by atoms with van der Waals surface area (Å²) in [7, 11) is 1.66. The number of ether oxygens (including phenoxy) is 2. The summed E-state index contributed by atoms with van der Waals surface area (Å²) < 4.78 is 18.2. The van der Waals surface area contributed by atoms with Crippen molar-refractivity contribution in [1.29, 1.82) is 0 Å². The first-order valence-corrected chi connectivity index (χ1v) is 9.99. The van der Waals surface area contributed by atoms with Gasteiger partial charge >= 0.3 is 11.6 Å². The molecule has 5 rings (SSSR count). The molecule has 31 heavy (non-hydrogen) atoms. The molecule has 0 saturated heterocycles. The van der Waals surface area contributed by atoms with Gasteiger partial charge in [-0.25, -0.2) is 9.59 Å². The number of hydrogen-bond acceptors (Lipinski definition) is 6. The first kappa shape index (κ1) is 19.1. The molecule has 2 aromatic carbocycles. The van der Waals surface area contributed by atoms with Crippen LogP contribution in [0.3, 0.4) is 0 Å². The van der Waals surface area contributed by atoms with Gasteiger partial charge in [-0.2, -0.15) is 0 Å². The molecule has 156 valence electrons. The second-order valence-corrected chi connectivity index (χ2v) is 7.42. The average Bonchev–Trinajstić information content (AvgIpc) is 3.18. The molecular formula is C24H19NO6. The van der Waals surface area contributed by atoms with E-state index in [1.165, 1.54) is 4.57 Å². The molecule has 2 aromatic heterocycles. The number of fused-ring (bicyclic) bond motifs is 4. The predicted octanol–water partition coefficient (Wildman–Crippen LogP) is 3.10. The van der Waals surface area contributed by atoms with Crippen molar-refractivity contribution < 1.29 is 18.7 Å². The van der Waals surface area contributed by atoms with Gasteiger partial charge in [-0.3, -0.25) is 4.79 Å². The van der Waals surface area contributed by atoms with Gasteiger partial charge < -0.3 is 18.5 Å². The topological polar surface area (TPSA) is 87.7 Å². The van der Waals surface area contributed by atoms with E-state index in [0.717, 1.165) is 10.9 Å². The van der Waals surface area contributed by atoms with Crippen molar-refractivity contribution in [2.45, 2.75) is 18.9 Å². The lowest BCUT2D eigenvalue weighted by Crippen LogP contribution is -2.36. The number of rotatable bonds is 3. The van der Waals surface area contributed by atoms with Crippen LogP contribution in [0.5, 0.6) is 5.75 Å². The van der Waals surface area contributed by atoms with Crippen LogP contribution >= 0.6 is 0 Å². The van der Waals surface area contributed by atoms with E-state index >= 15 is 0 Å². The van der Waals surface area contributed by atoms with E-state index in [1.807, 2.05) is 24.3 Å². The number of aromatic nitrogens is 1. The van der Waals surface area contributed by atoms with Crippen LogP contribution in [0.15, 0.2) is 68.6 Å². The third kappa shape index (κ3) is 2.84. The Balaban J connectivity index is 1.83. The molecule has 0 aliphatic carbocycles. The molecule has 0 amide bonds. The monoisotopic (exact) mass is 417 g/mol. The third-order valence-electron chi connectivity index (χ3n) is 5.67. The standard InChI is InChI=1S/C24H19NO6/c1-3-29-24(28)21-18(15-12-13-8-4-6-10-16(13)25(2)22(15)26)19-20(31-21)14-9-5-7-11-17(14)30-23(19)27/h4-12,18,21H,3H2,1-2H3/t18-,21+/m1/s1. The Hall–Kier alpha value is -3.87. The number of para-hydroxylation sites is 2. The van der Waals surface area contributed by atoms with Gasteiger partial charge in [0.05, 0.1) is 29.0 Å². The summed E-state index contributed by atoms with van der Waals surface area (Å²) in [6, 6.07) is 16.1. The summed E-state index contributed by atoms with van der Waals surface area (Å²) in [5.41, 5.74) is 0.571. The summed E-state index contributed by atoms with van der Waals surface area (Å²) >= 11 is 0. The van der Waals surface area contributed by atoms with E-state index in [1.54, 1.807) is 44.3 Å². The van der Waals surface area contributed by atoms with Crippen LogP contribution in [-0.2, 0) is 16.6 Å². The Bertz CT molecular complexity index is 1460. The molecule has 7 heteroatoms. The summed E-state index contributed by atoms with van der Waals surface area (Å²) in [6.45, 7) is 1.83. The first-order chi connectivity index (χ1) is 15.0. The lowest BCUT2D eigenvalue weighted by molar-refractivity contribution is -0.151. The van der Waals surface area contributed by atoms with Crippen LogP contribution in [0.25, 0.3) is 21.9 Å². The van der Waals surface area contributed by atoms with Crippen molar-refractivity contribution in [3.63, 3.8) is 0 Å². The molecule has 1 aliphatic rings. The van der Waals surface area contributed by atoms with Crippen LogP contribution in [0, 0.1) is 0 Å². The normalized spacial score (nSPS) is 17.5. The predicted molar refractivity (Wildman–Crippen MR) is 115 cm³/mol. The zero-order chi connectivity index (χ0) is 21.7. The second-order valence-electron chi connectivity index (χ2n) is 7.42. The van der Waals surface area contributed by atoms with Crippen molar-refractivity contribution in [1.82, 2.24) is 4.57 Å². The molecule has 2 atom stereocenters. The molecule has 0 fully saturated rings. The van der Waals surface area contributed by atoms with E-state index in [4.69, 9.17) is 13.9 Å². The van der Waals surface area contributed by atoms with Gasteiger partial charge in [-0.05, 0) is 36.6 Å². The van der Waals surface area contributed by atoms with Crippen molar-refractivity contribution >= 4 is 27.8 Å². The minimum Gasteiger partial charge on any atom is -0.476 e. The van der Waals surface area contributed by atoms with E-state index in [0.29, 0.717) is 11.0 Å². The van der Waals surface area contributed by atoms with Gasteiger partial charge in [0.25, 0.3) is 5.56 Å². The number of carbonyl (C=O) groups is 1. The van der Waals surface area contributed by atoms with Crippen LogP contribution in [0.2, 0.25) is 0 Å². The first-order valence-electron chi connectivity index (χ1n) is 9.99. The Labute approximate surface area is 176 Å². The minimum atomic E-state index is -1.17. The summed E-state index contributed by atoms with van der Waals surface area (Å²) in [5, 5.41) is 1.37. The molecule has 0 radical (unpaired) electrons. The van der Waals surface area contributed by atoms with E-state index in [2.05, 4.69) is 0 Å². The largest absolute Gasteiger partial charge is 0.476 e. The highest BCUT2D eigenvalue weighted by atomic mass is 16.6. The highest BCUT2D eigenvalue weighted by Gasteiger charge is 2.46. The second kappa shape index (κ2) is 7.12. The van der Waals surface area contributed by atoms with Crippen LogP contribution < -0.4 is 15.9 Å². The number of esters is 1. The number of pyridine rings is 1. The Morgan fingerprint density at radius 3 is 2.65 bits per heavy atom. The van der Waals surface area contributed by atoms with Crippen molar-refractivity contribution in [3.05, 3.63) is 86.5 Å². The lowest BCUT2D eigenvalue weighted by atomic mass is 9.88. The summed E-state index contributed by atoms with van der Waals surface area (Å²) in [5.74, 6) is -1.33. The number of nitrogens with zero attached hydrogens (tertiary/aromatic N) is 1. The van der Waals surface area contributed by atoms with Crippen LogP contribution in [0.1, 0.15) is 24.0 Å². The van der Waals surface area contributed by atoms with Gasteiger partial charge in [0, 0.05) is 12.6 Å². The van der Waals surface area contributed by atoms with Gasteiger partial charge in [0.15, 0.2) is 0 Å².